The Labute approximate surface area is 162 Å². The zero-order valence-corrected chi connectivity index (χ0v) is 16.7. The van der Waals surface area contributed by atoms with Crippen molar-refractivity contribution in [3.05, 3.63) is 42.4 Å². The first kappa shape index (κ1) is 18.4. The summed E-state index contributed by atoms with van der Waals surface area (Å²) in [5.41, 5.74) is 1.62. The van der Waals surface area contributed by atoms with Crippen molar-refractivity contribution in [1.29, 1.82) is 0 Å². The van der Waals surface area contributed by atoms with Gasteiger partial charge in [0.25, 0.3) is 0 Å². The van der Waals surface area contributed by atoms with E-state index in [4.69, 9.17) is 4.74 Å². The molecule has 0 aliphatic carbocycles. The van der Waals surface area contributed by atoms with E-state index in [1.54, 1.807) is 6.20 Å². The summed E-state index contributed by atoms with van der Waals surface area (Å²) in [7, 11) is 2.28. The highest BCUT2D eigenvalue weighted by Gasteiger charge is 2.49. The standard InChI is InChI=1S/C21H31N5O/c1-17(2)26-13-19(11-23-26)12-25-15-21(16-25)10-18(7-9-24(21)3)14-27-20-6-4-5-8-22-20/h4-6,8,11,13,17-18H,7,9-10,12,14-16H2,1-3H3/t18-/m1/s1. The maximum Gasteiger partial charge on any atom is 0.213 e. The number of piperidine rings is 1. The summed E-state index contributed by atoms with van der Waals surface area (Å²) in [6.07, 6.45) is 8.39. The van der Waals surface area contributed by atoms with Crippen molar-refractivity contribution in [2.24, 2.45) is 5.92 Å². The van der Waals surface area contributed by atoms with E-state index in [0.717, 1.165) is 38.7 Å². The van der Waals surface area contributed by atoms with Crippen LogP contribution in [0.3, 0.4) is 0 Å². The molecule has 0 bridgehead atoms. The number of aromatic nitrogens is 3. The highest BCUT2D eigenvalue weighted by molar-refractivity contribution is 5.12. The fourth-order valence-electron chi connectivity index (χ4n) is 4.45. The normalized spacial score (nSPS) is 22.9. The van der Waals surface area contributed by atoms with E-state index in [0.29, 0.717) is 17.5 Å². The van der Waals surface area contributed by atoms with Gasteiger partial charge in [0.05, 0.1) is 12.8 Å². The third-order valence-corrected chi connectivity index (χ3v) is 6.08. The molecule has 0 amide bonds. The first-order chi connectivity index (χ1) is 13.0. The second kappa shape index (κ2) is 7.60. The molecule has 0 radical (unpaired) electrons. The Balaban J connectivity index is 1.30. The third kappa shape index (κ3) is 4.01. The zero-order chi connectivity index (χ0) is 18.9. The second-order valence-corrected chi connectivity index (χ2v) is 8.55. The minimum absolute atomic E-state index is 0.310. The minimum atomic E-state index is 0.310. The van der Waals surface area contributed by atoms with E-state index < -0.39 is 0 Å². The summed E-state index contributed by atoms with van der Waals surface area (Å²) in [5, 5.41) is 4.47. The monoisotopic (exact) mass is 369 g/mol. The lowest BCUT2D eigenvalue weighted by Gasteiger charge is -2.58. The number of nitrogens with zero attached hydrogens (tertiary/aromatic N) is 5. The first-order valence-corrected chi connectivity index (χ1v) is 10.0. The molecule has 0 saturated carbocycles. The molecule has 2 aromatic rings. The predicted octanol–water partition coefficient (Wildman–Crippen LogP) is 2.83. The maximum atomic E-state index is 5.94. The van der Waals surface area contributed by atoms with Crippen molar-refractivity contribution in [1.82, 2.24) is 24.6 Å². The lowest BCUT2D eigenvalue weighted by Crippen LogP contribution is -2.71. The summed E-state index contributed by atoms with van der Waals surface area (Å²) in [6, 6.07) is 6.26. The van der Waals surface area contributed by atoms with Gasteiger partial charge >= 0.3 is 0 Å². The second-order valence-electron chi connectivity index (χ2n) is 8.55. The van der Waals surface area contributed by atoms with Crippen molar-refractivity contribution in [2.45, 2.75) is 44.8 Å². The molecule has 2 fully saturated rings. The van der Waals surface area contributed by atoms with Gasteiger partial charge in [-0.2, -0.15) is 5.10 Å². The third-order valence-electron chi connectivity index (χ3n) is 6.08. The number of likely N-dealkylation sites (tertiary alicyclic amines) is 2. The van der Waals surface area contributed by atoms with Gasteiger partial charge in [-0.15, -0.1) is 0 Å². The molecule has 2 aliphatic rings. The van der Waals surface area contributed by atoms with Crippen LogP contribution in [0, 0.1) is 5.92 Å². The fourth-order valence-corrected chi connectivity index (χ4v) is 4.45. The molecule has 2 aliphatic heterocycles. The first-order valence-electron chi connectivity index (χ1n) is 10.0. The van der Waals surface area contributed by atoms with E-state index in [9.17, 15) is 0 Å². The fraction of sp³-hybridized carbons (Fsp3) is 0.619. The molecule has 2 saturated heterocycles. The smallest absolute Gasteiger partial charge is 0.213 e. The molecule has 0 unspecified atom stereocenters. The molecule has 0 aromatic carbocycles. The van der Waals surface area contributed by atoms with Crippen LogP contribution in [0.5, 0.6) is 5.88 Å². The molecule has 6 nitrogen and oxygen atoms in total. The summed E-state index contributed by atoms with van der Waals surface area (Å²) >= 11 is 0. The van der Waals surface area contributed by atoms with Gasteiger partial charge in [0.2, 0.25) is 5.88 Å². The van der Waals surface area contributed by atoms with Gasteiger partial charge < -0.3 is 4.74 Å². The lowest BCUT2D eigenvalue weighted by atomic mass is 9.75. The van der Waals surface area contributed by atoms with Crippen molar-refractivity contribution in [3.8, 4) is 5.88 Å². The number of hydrogen-bond donors (Lipinski definition) is 0. The van der Waals surface area contributed by atoms with Crippen LogP contribution in [0.2, 0.25) is 0 Å². The summed E-state index contributed by atoms with van der Waals surface area (Å²) in [4.78, 5) is 9.38. The highest BCUT2D eigenvalue weighted by atomic mass is 16.5. The molecule has 1 atom stereocenters. The van der Waals surface area contributed by atoms with E-state index in [1.807, 2.05) is 29.1 Å². The molecule has 1 spiro atoms. The molecule has 2 aromatic heterocycles. The quantitative estimate of drug-likeness (QED) is 0.784. The zero-order valence-electron chi connectivity index (χ0n) is 16.7. The number of hydrogen-bond acceptors (Lipinski definition) is 5. The van der Waals surface area contributed by atoms with E-state index >= 15 is 0 Å². The molecule has 27 heavy (non-hydrogen) atoms. The largest absolute Gasteiger partial charge is 0.477 e. The minimum Gasteiger partial charge on any atom is -0.477 e. The van der Waals surface area contributed by atoms with Crippen LogP contribution in [0.15, 0.2) is 36.8 Å². The molecule has 0 N–H and O–H groups in total. The summed E-state index contributed by atoms with van der Waals surface area (Å²) < 4.78 is 7.98. The van der Waals surface area contributed by atoms with Crippen molar-refractivity contribution in [3.63, 3.8) is 0 Å². The number of rotatable bonds is 6. The predicted molar refractivity (Wildman–Crippen MR) is 106 cm³/mol. The van der Waals surface area contributed by atoms with Gasteiger partial charge in [-0.3, -0.25) is 14.5 Å². The van der Waals surface area contributed by atoms with Crippen LogP contribution in [-0.2, 0) is 6.54 Å². The molecule has 4 rings (SSSR count). The van der Waals surface area contributed by atoms with E-state index in [-0.39, 0.29) is 0 Å². The molecule has 4 heterocycles. The summed E-state index contributed by atoms with van der Waals surface area (Å²) in [5.74, 6) is 1.34. The van der Waals surface area contributed by atoms with Crippen molar-refractivity contribution in [2.75, 3.05) is 33.3 Å². The van der Waals surface area contributed by atoms with Gasteiger partial charge in [-0.05, 0) is 52.3 Å². The van der Waals surface area contributed by atoms with Crippen LogP contribution >= 0.6 is 0 Å². The van der Waals surface area contributed by atoms with Gasteiger partial charge in [-0.25, -0.2) is 4.98 Å². The maximum absolute atomic E-state index is 5.94. The Morgan fingerprint density at radius 1 is 1.30 bits per heavy atom. The Morgan fingerprint density at radius 2 is 2.15 bits per heavy atom. The topological polar surface area (TPSA) is 46.4 Å². The van der Waals surface area contributed by atoms with Crippen LogP contribution in [0.25, 0.3) is 0 Å². The van der Waals surface area contributed by atoms with Crippen molar-refractivity contribution >= 4 is 0 Å². The van der Waals surface area contributed by atoms with Crippen LogP contribution in [-0.4, -0.2) is 63.4 Å². The Kier molecular flexibility index (Phi) is 5.19. The van der Waals surface area contributed by atoms with Gasteiger partial charge in [-0.1, -0.05) is 6.07 Å². The van der Waals surface area contributed by atoms with Gasteiger partial charge in [0, 0.05) is 55.2 Å². The van der Waals surface area contributed by atoms with Gasteiger partial charge in [0.15, 0.2) is 0 Å². The van der Waals surface area contributed by atoms with E-state index in [2.05, 4.69) is 47.0 Å². The summed E-state index contributed by atoms with van der Waals surface area (Å²) in [6.45, 7) is 9.52. The molecular weight excluding hydrogens is 338 g/mol. The Morgan fingerprint density at radius 3 is 2.85 bits per heavy atom. The SMILES string of the molecule is CC(C)n1cc(CN2CC3(C[C@H](COc4ccccn4)CCN3C)C2)cn1. The average Bonchev–Trinajstić information content (AvgIpc) is 3.11. The van der Waals surface area contributed by atoms with Crippen LogP contribution in [0.1, 0.15) is 38.3 Å². The number of likely N-dealkylation sites (N-methyl/N-ethyl adjacent to an activating group) is 1. The highest BCUT2D eigenvalue weighted by Crippen LogP contribution is 2.39. The number of ether oxygens (including phenoxy) is 1. The van der Waals surface area contributed by atoms with Gasteiger partial charge in [0.1, 0.15) is 0 Å². The molecule has 146 valence electrons. The Hall–Kier alpha value is -1.92. The molecule has 6 heteroatoms. The van der Waals surface area contributed by atoms with Crippen molar-refractivity contribution < 1.29 is 4.74 Å². The number of pyridine rings is 1. The van der Waals surface area contributed by atoms with Crippen LogP contribution < -0.4 is 4.74 Å². The lowest BCUT2D eigenvalue weighted by molar-refractivity contribution is -0.0875. The average molecular weight is 370 g/mol. The van der Waals surface area contributed by atoms with E-state index in [1.165, 1.54) is 18.4 Å². The van der Waals surface area contributed by atoms with Crippen LogP contribution in [0.4, 0.5) is 0 Å². The molecular formula is C21H31N5O. The Bertz CT molecular complexity index is 738.